The molecule has 1 amide bonds. The van der Waals surface area contributed by atoms with Crippen molar-refractivity contribution in [3.8, 4) is 11.1 Å². The molecule has 0 saturated carbocycles. The van der Waals surface area contributed by atoms with Crippen LogP contribution in [0.5, 0.6) is 0 Å². The molecule has 0 bridgehead atoms. The number of carbonyl (C=O) groups is 2. The van der Waals surface area contributed by atoms with Crippen molar-refractivity contribution in [2.45, 2.75) is 32.6 Å². The Morgan fingerprint density at radius 1 is 1.10 bits per heavy atom. The molecule has 4 rings (SSSR count). The number of aryl methyl sites for hydroxylation is 2. The predicted molar refractivity (Wildman–Crippen MR) is 122 cm³/mol. The second-order valence-corrected chi connectivity index (χ2v) is 8.55. The number of ether oxygens (including phenoxy) is 1. The van der Waals surface area contributed by atoms with E-state index in [0.29, 0.717) is 21.2 Å². The third-order valence-corrected chi connectivity index (χ3v) is 6.37. The molecule has 0 radical (unpaired) electrons. The Kier molecular flexibility index (Phi) is 6.21. The summed E-state index contributed by atoms with van der Waals surface area (Å²) in [6.45, 7) is 2.03. The van der Waals surface area contributed by atoms with Crippen molar-refractivity contribution in [2.24, 2.45) is 0 Å². The van der Waals surface area contributed by atoms with Crippen LogP contribution < -0.4 is 5.32 Å². The lowest BCUT2D eigenvalue weighted by atomic mass is 9.89. The summed E-state index contributed by atoms with van der Waals surface area (Å²) in [6.07, 6.45) is 4.57. The number of fused-ring (bicyclic) bond motifs is 1. The van der Waals surface area contributed by atoms with Crippen molar-refractivity contribution in [3.05, 3.63) is 75.1 Å². The molecule has 3 aromatic rings. The largest absolute Gasteiger partial charge is 0.462 e. The van der Waals surface area contributed by atoms with Gasteiger partial charge in [-0.05, 0) is 67.5 Å². The van der Waals surface area contributed by atoms with Crippen molar-refractivity contribution in [1.29, 1.82) is 0 Å². The summed E-state index contributed by atoms with van der Waals surface area (Å²) in [7, 11) is 0. The van der Waals surface area contributed by atoms with E-state index in [2.05, 4.69) is 23.5 Å². The number of halogens is 1. The van der Waals surface area contributed by atoms with Crippen LogP contribution in [-0.4, -0.2) is 18.5 Å². The van der Waals surface area contributed by atoms with Crippen molar-refractivity contribution < 1.29 is 14.3 Å². The first-order chi connectivity index (χ1) is 14.6. The van der Waals surface area contributed by atoms with Gasteiger partial charge < -0.3 is 10.1 Å². The van der Waals surface area contributed by atoms with Gasteiger partial charge in [0.15, 0.2) is 0 Å². The number of amides is 1. The van der Waals surface area contributed by atoms with Gasteiger partial charge in [0, 0.05) is 21.5 Å². The topological polar surface area (TPSA) is 55.4 Å². The van der Waals surface area contributed by atoms with Crippen LogP contribution in [0, 0.1) is 0 Å². The predicted octanol–water partition coefficient (Wildman–Crippen LogP) is 6.38. The van der Waals surface area contributed by atoms with E-state index in [1.807, 2.05) is 5.38 Å². The highest BCUT2D eigenvalue weighted by Crippen LogP contribution is 2.38. The molecule has 1 heterocycles. The van der Waals surface area contributed by atoms with Crippen LogP contribution in [0.2, 0.25) is 5.02 Å². The monoisotopic (exact) mass is 439 g/mol. The molecular weight excluding hydrogens is 418 g/mol. The average Bonchev–Trinajstić information content (AvgIpc) is 3.17. The standard InChI is InChI=1S/C24H22ClNO3S/c1-2-29-24(28)21-20(17-11-10-15-6-3-4-7-16(15)12-17)14-30-23(21)26-22(27)18-8-5-9-19(25)13-18/h5,8-14H,2-4,6-7H2,1H3,(H,26,27). The van der Waals surface area contributed by atoms with Gasteiger partial charge in [0.05, 0.1) is 6.61 Å². The molecule has 154 valence electrons. The van der Waals surface area contributed by atoms with Gasteiger partial charge in [-0.25, -0.2) is 4.79 Å². The fourth-order valence-corrected chi connectivity index (χ4v) is 4.92. The number of thiophene rings is 1. The van der Waals surface area contributed by atoms with E-state index in [4.69, 9.17) is 16.3 Å². The van der Waals surface area contributed by atoms with E-state index >= 15 is 0 Å². The van der Waals surface area contributed by atoms with E-state index in [9.17, 15) is 9.59 Å². The second kappa shape index (κ2) is 9.02. The van der Waals surface area contributed by atoms with Crippen LogP contribution in [0.25, 0.3) is 11.1 Å². The van der Waals surface area contributed by atoms with Crippen molar-refractivity contribution in [3.63, 3.8) is 0 Å². The zero-order valence-electron chi connectivity index (χ0n) is 16.7. The third kappa shape index (κ3) is 4.27. The van der Waals surface area contributed by atoms with E-state index in [1.165, 1.54) is 35.3 Å². The van der Waals surface area contributed by atoms with Gasteiger partial charge in [-0.3, -0.25) is 4.79 Å². The van der Waals surface area contributed by atoms with Gasteiger partial charge in [-0.1, -0.05) is 35.9 Å². The normalized spacial score (nSPS) is 12.9. The van der Waals surface area contributed by atoms with Gasteiger partial charge in [-0.2, -0.15) is 0 Å². The molecule has 0 fully saturated rings. The summed E-state index contributed by atoms with van der Waals surface area (Å²) in [6, 6.07) is 13.1. The summed E-state index contributed by atoms with van der Waals surface area (Å²) >= 11 is 7.33. The lowest BCUT2D eigenvalue weighted by Gasteiger charge is -2.17. The lowest BCUT2D eigenvalue weighted by Crippen LogP contribution is -2.14. The first kappa shape index (κ1) is 20.6. The summed E-state index contributed by atoms with van der Waals surface area (Å²) in [4.78, 5) is 25.5. The SMILES string of the molecule is CCOC(=O)c1c(-c2ccc3c(c2)CCCC3)csc1NC(=O)c1cccc(Cl)c1. The van der Waals surface area contributed by atoms with Crippen LogP contribution >= 0.6 is 22.9 Å². The summed E-state index contributed by atoms with van der Waals surface area (Å²) in [5, 5.41) is 5.73. The quantitative estimate of drug-likeness (QED) is 0.469. The minimum atomic E-state index is -0.437. The number of nitrogens with one attached hydrogen (secondary N) is 1. The average molecular weight is 440 g/mol. The van der Waals surface area contributed by atoms with Crippen LogP contribution in [0.4, 0.5) is 5.00 Å². The molecule has 0 spiro atoms. The number of esters is 1. The van der Waals surface area contributed by atoms with Gasteiger partial charge in [0.25, 0.3) is 5.91 Å². The van der Waals surface area contributed by atoms with E-state index in [-0.39, 0.29) is 12.5 Å². The fourth-order valence-electron chi connectivity index (χ4n) is 3.77. The Morgan fingerprint density at radius 3 is 2.67 bits per heavy atom. The molecule has 30 heavy (non-hydrogen) atoms. The lowest BCUT2D eigenvalue weighted by molar-refractivity contribution is 0.0529. The van der Waals surface area contributed by atoms with Crippen molar-refractivity contribution >= 4 is 39.8 Å². The Balaban J connectivity index is 1.71. The Bertz CT molecular complexity index is 1110. The molecule has 0 saturated heterocycles. The third-order valence-electron chi connectivity index (χ3n) is 5.24. The molecule has 0 unspecified atom stereocenters. The molecule has 1 aromatic heterocycles. The number of carbonyl (C=O) groups excluding carboxylic acids is 2. The number of anilines is 1. The molecule has 0 atom stereocenters. The minimum absolute atomic E-state index is 0.264. The summed E-state index contributed by atoms with van der Waals surface area (Å²) in [5.74, 6) is -0.755. The Hall–Kier alpha value is -2.63. The fraction of sp³-hybridized carbons (Fsp3) is 0.250. The highest BCUT2D eigenvalue weighted by atomic mass is 35.5. The van der Waals surface area contributed by atoms with Gasteiger partial charge in [0.1, 0.15) is 10.6 Å². The number of benzene rings is 2. The molecular formula is C24H22ClNO3S. The second-order valence-electron chi connectivity index (χ2n) is 7.23. The first-order valence-electron chi connectivity index (χ1n) is 10.0. The van der Waals surface area contributed by atoms with E-state index < -0.39 is 5.97 Å². The number of hydrogen-bond acceptors (Lipinski definition) is 4. The van der Waals surface area contributed by atoms with Crippen LogP contribution in [0.15, 0.2) is 47.8 Å². The maximum Gasteiger partial charge on any atom is 0.341 e. The van der Waals surface area contributed by atoms with Gasteiger partial charge in [0.2, 0.25) is 0 Å². The zero-order valence-corrected chi connectivity index (χ0v) is 18.2. The molecule has 4 nitrogen and oxygen atoms in total. The van der Waals surface area contributed by atoms with Crippen LogP contribution in [0.1, 0.15) is 51.6 Å². The summed E-state index contributed by atoms with van der Waals surface area (Å²) in [5.41, 5.74) is 5.30. The smallest absolute Gasteiger partial charge is 0.341 e. The van der Waals surface area contributed by atoms with Gasteiger partial charge >= 0.3 is 5.97 Å². The molecule has 1 aliphatic carbocycles. The summed E-state index contributed by atoms with van der Waals surface area (Å²) < 4.78 is 5.30. The molecule has 1 aliphatic rings. The number of rotatable bonds is 5. The maximum absolute atomic E-state index is 12.8. The molecule has 6 heteroatoms. The van der Waals surface area contributed by atoms with E-state index in [1.54, 1.807) is 31.2 Å². The highest BCUT2D eigenvalue weighted by Gasteiger charge is 2.24. The van der Waals surface area contributed by atoms with Crippen LogP contribution in [0.3, 0.4) is 0 Å². The minimum Gasteiger partial charge on any atom is -0.462 e. The molecule has 2 aromatic carbocycles. The Morgan fingerprint density at radius 2 is 1.90 bits per heavy atom. The van der Waals surface area contributed by atoms with Gasteiger partial charge in [-0.15, -0.1) is 11.3 Å². The molecule has 0 aliphatic heterocycles. The van der Waals surface area contributed by atoms with E-state index in [0.717, 1.165) is 24.0 Å². The highest BCUT2D eigenvalue weighted by molar-refractivity contribution is 7.15. The van der Waals surface area contributed by atoms with Crippen LogP contribution in [-0.2, 0) is 17.6 Å². The maximum atomic E-state index is 12.8. The van der Waals surface area contributed by atoms with Crippen molar-refractivity contribution in [1.82, 2.24) is 0 Å². The van der Waals surface area contributed by atoms with Crippen molar-refractivity contribution in [2.75, 3.05) is 11.9 Å². The molecule has 1 N–H and O–H groups in total. The first-order valence-corrected chi connectivity index (χ1v) is 11.3. The zero-order chi connectivity index (χ0) is 21.1. The number of hydrogen-bond donors (Lipinski definition) is 1. The Labute approximate surface area is 184 Å².